The molecule has 3 aromatic heterocycles. The van der Waals surface area contributed by atoms with Gasteiger partial charge in [-0.05, 0) is 53.2 Å². The fraction of sp³-hybridized carbons (Fsp3) is 0.0667. The number of nitrogens with zero attached hydrogens (tertiary/aromatic N) is 1. The zero-order valence-electron chi connectivity index (χ0n) is 10.9. The Bertz CT molecular complexity index is 914. The number of rotatable bonds is 2. The first-order chi connectivity index (χ1) is 10.1. The van der Waals surface area contributed by atoms with Crippen molar-refractivity contribution in [3.63, 3.8) is 0 Å². The first-order valence-electron chi connectivity index (χ1n) is 6.08. The first kappa shape index (κ1) is 14.3. The van der Waals surface area contributed by atoms with Gasteiger partial charge in [-0.2, -0.15) is 5.26 Å². The first-order valence-corrected chi connectivity index (χ1v) is 8.51. The van der Waals surface area contributed by atoms with Gasteiger partial charge in [-0.15, -0.1) is 22.7 Å². The van der Waals surface area contributed by atoms with Crippen molar-refractivity contribution in [1.29, 1.82) is 5.26 Å². The van der Waals surface area contributed by atoms with Crippen LogP contribution >= 0.6 is 38.6 Å². The molecule has 3 aromatic rings. The predicted octanol–water partition coefficient (Wildman–Crippen LogP) is 4.77. The molecule has 0 saturated heterocycles. The van der Waals surface area contributed by atoms with E-state index in [1.807, 2.05) is 43.3 Å². The van der Waals surface area contributed by atoms with Crippen molar-refractivity contribution in [1.82, 2.24) is 4.98 Å². The molecule has 0 aliphatic heterocycles. The van der Waals surface area contributed by atoms with Crippen molar-refractivity contribution >= 4 is 38.6 Å². The molecule has 6 heteroatoms. The minimum atomic E-state index is -0.347. The van der Waals surface area contributed by atoms with E-state index in [1.54, 1.807) is 11.3 Å². The summed E-state index contributed by atoms with van der Waals surface area (Å²) in [6.45, 7) is 2.02. The fourth-order valence-electron chi connectivity index (χ4n) is 2.04. The molecule has 0 aliphatic rings. The van der Waals surface area contributed by atoms with E-state index in [-0.39, 0.29) is 11.1 Å². The van der Waals surface area contributed by atoms with Crippen LogP contribution in [0, 0.1) is 18.3 Å². The molecule has 0 spiro atoms. The maximum absolute atomic E-state index is 12.2. The number of thiophene rings is 2. The van der Waals surface area contributed by atoms with E-state index in [9.17, 15) is 10.1 Å². The standard InChI is InChI=1S/C15H9BrN2OS2/c1-8-2-3-13(20-8)11-6-9(10(7-17)15(19)18-11)12-4-5-14(16)21-12/h2-6H,1H3,(H,18,19). The number of hydrogen-bond donors (Lipinski definition) is 1. The van der Waals surface area contributed by atoms with Crippen LogP contribution < -0.4 is 5.56 Å². The number of aromatic amines is 1. The van der Waals surface area contributed by atoms with Crippen LogP contribution in [0.15, 0.2) is 38.9 Å². The Labute approximate surface area is 137 Å². The van der Waals surface area contributed by atoms with Crippen LogP contribution in [0.1, 0.15) is 10.4 Å². The topological polar surface area (TPSA) is 56.6 Å². The fourth-order valence-corrected chi connectivity index (χ4v) is 4.28. The van der Waals surface area contributed by atoms with Crippen molar-refractivity contribution in [2.75, 3.05) is 0 Å². The number of hydrogen-bond acceptors (Lipinski definition) is 4. The highest BCUT2D eigenvalue weighted by Gasteiger charge is 2.14. The molecular weight excluding hydrogens is 368 g/mol. The van der Waals surface area contributed by atoms with E-state index >= 15 is 0 Å². The Kier molecular flexibility index (Phi) is 3.81. The SMILES string of the molecule is Cc1ccc(-c2cc(-c3ccc(Br)s3)c(C#N)c(=O)[nH]2)s1. The number of aryl methyl sites for hydroxylation is 1. The lowest BCUT2D eigenvalue weighted by Gasteiger charge is -2.04. The molecule has 1 N–H and O–H groups in total. The van der Waals surface area contributed by atoms with Crippen molar-refractivity contribution < 1.29 is 0 Å². The van der Waals surface area contributed by atoms with Gasteiger partial charge < -0.3 is 4.98 Å². The van der Waals surface area contributed by atoms with Gasteiger partial charge in [0, 0.05) is 15.3 Å². The third-order valence-electron chi connectivity index (χ3n) is 2.99. The highest BCUT2D eigenvalue weighted by Crippen LogP contribution is 2.35. The molecule has 3 nitrogen and oxygen atoms in total. The zero-order chi connectivity index (χ0) is 15.0. The lowest BCUT2D eigenvalue weighted by atomic mass is 10.1. The second-order valence-corrected chi connectivity index (χ2v) is 8.18. The third kappa shape index (κ3) is 2.72. The molecule has 3 heterocycles. The minimum absolute atomic E-state index is 0.154. The van der Waals surface area contributed by atoms with Gasteiger partial charge >= 0.3 is 0 Å². The number of H-pyrrole nitrogens is 1. The second kappa shape index (κ2) is 5.60. The van der Waals surface area contributed by atoms with E-state index in [1.165, 1.54) is 16.2 Å². The van der Waals surface area contributed by atoms with Crippen LogP contribution in [0.4, 0.5) is 0 Å². The summed E-state index contributed by atoms with van der Waals surface area (Å²) in [4.78, 5) is 18.0. The maximum Gasteiger partial charge on any atom is 0.267 e. The van der Waals surface area contributed by atoms with Gasteiger partial charge in [0.05, 0.1) is 14.4 Å². The van der Waals surface area contributed by atoms with Crippen molar-refractivity contribution in [3.05, 3.63) is 54.9 Å². The molecule has 104 valence electrons. The lowest BCUT2D eigenvalue weighted by Crippen LogP contribution is -2.12. The van der Waals surface area contributed by atoms with Gasteiger partial charge in [0.25, 0.3) is 5.56 Å². The Morgan fingerprint density at radius 3 is 2.52 bits per heavy atom. The van der Waals surface area contributed by atoms with E-state index in [4.69, 9.17) is 0 Å². The third-order valence-corrected chi connectivity index (χ3v) is 5.68. The molecule has 21 heavy (non-hydrogen) atoms. The Morgan fingerprint density at radius 2 is 1.95 bits per heavy atom. The lowest BCUT2D eigenvalue weighted by molar-refractivity contribution is 1.23. The number of nitriles is 1. The quantitative estimate of drug-likeness (QED) is 0.699. The average Bonchev–Trinajstić information content (AvgIpc) is 3.06. The highest BCUT2D eigenvalue weighted by atomic mass is 79.9. The van der Waals surface area contributed by atoms with Crippen LogP contribution in [0.3, 0.4) is 0 Å². The number of pyridine rings is 1. The molecule has 0 atom stereocenters. The normalized spacial score (nSPS) is 10.5. The molecule has 0 bridgehead atoms. The van der Waals surface area contributed by atoms with Gasteiger partial charge in [-0.25, -0.2) is 0 Å². The summed E-state index contributed by atoms with van der Waals surface area (Å²) in [6, 6.07) is 11.7. The van der Waals surface area contributed by atoms with Crippen LogP contribution in [0.2, 0.25) is 0 Å². The average molecular weight is 377 g/mol. The minimum Gasteiger partial charge on any atom is -0.320 e. The second-order valence-electron chi connectivity index (χ2n) is 4.43. The number of nitrogens with one attached hydrogen (secondary N) is 1. The zero-order valence-corrected chi connectivity index (χ0v) is 14.2. The number of halogens is 1. The summed E-state index contributed by atoms with van der Waals surface area (Å²) in [5, 5.41) is 9.26. The molecule has 0 radical (unpaired) electrons. The smallest absolute Gasteiger partial charge is 0.267 e. The molecule has 0 amide bonds. The monoisotopic (exact) mass is 376 g/mol. The summed E-state index contributed by atoms with van der Waals surface area (Å²) >= 11 is 6.53. The van der Waals surface area contributed by atoms with Crippen molar-refractivity contribution in [3.8, 4) is 27.1 Å². The molecule has 0 unspecified atom stereocenters. The van der Waals surface area contributed by atoms with Crippen LogP contribution in [0.25, 0.3) is 21.0 Å². The molecule has 0 fully saturated rings. The highest BCUT2D eigenvalue weighted by molar-refractivity contribution is 9.11. The van der Waals surface area contributed by atoms with E-state index in [2.05, 4.69) is 20.9 Å². The predicted molar refractivity (Wildman–Crippen MR) is 90.8 cm³/mol. The Hall–Kier alpha value is -1.68. The van der Waals surface area contributed by atoms with Crippen LogP contribution in [-0.2, 0) is 0 Å². The Balaban J connectivity index is 2.25. The summed E-state index contributed by atoms with van der Waals surface area (Å²) < 4.78 is 0.968. The van der Waals surface area contributed by atoms with Gasteiger partial charge in [0.15, 0.2) is 0 Å². The van der Waals surface area contributed by atoms with Crippen LogP contribution in [0.5, 0.6) is 0 Å². The summed E-state index contributed by atoms with van der Waals surface area (Å²) in [5.41, 5.74) is 1.23. The number of aromatic nitrogens is 1. The van der Waals surface area contributed by atoms with Gasteiger partial charge in [0.1, 0.15) is 11.6 Å². The van der Waals surface area contributed by atoms with Gasteiger partial charge in [-0.3, -0.25) is 4.79 Å². The van der Waals surface area contributed by atoms with E-state index in [0.29, 0.717) is 5.56 Å². The van der Waals surface area contributed by atoms with E-state index in [0.717, 1.165) is 19.2 Å². The molecule has 0 saturated carbocycles. The summed E-state index contributed by atoms with van der Waals surface area (Å²) in [5.74, 6) is 0. The van der Waals surface area contributed by atoms with Crippen LogP contribution in [-0.4, -0.2) is 4.98 Å². The van der Waals surface area contributed by atoms with Gasteiger partial charge in [-0.1, -0.05) is 0 Å². The van der Waals surface area contributed by atoms with Crippen molar-refractivity contribution in [2.24, 2.45) is 0 Å². The molecule has 3 rings (SSSR count). The summed E-state index contributed by atoms with van der Waals surface area (Å²) in [6.07, 6.45) is 0. The Morgan fingerprint density at radius 1 is 1.19 bits per heavy atom. The molecular formula is C15H9BrN2OS2. The van der Waals surface area contributed by atoms with Crippen molar-refractivity contribution in [2.45, 2.75) is 6.92 Å². The van der Waals surface area contributed by atoms with E-state index < -0.39 is 0 Å². The molecule has 0 aromatic carbocycles. The van der Waals surface area contributed by atoms with Gasteiger partial charge in [0.2, 0.25) is 0 Å². The molecule has 0 aliphatic carbocycles. The largest absolute Gasteiger partial charge is 0.320 e. The maximum atomic E-state index is 12.2. The summed E-state index contributed by atoms with van der Waals surface area (Å²) in [7, 11) is 0.